The summed E-state index contributed by atoms with van der Waals surface area (Å²) in [6.07, 6.45) is -4.06. The zero-order valence-corrected chi connectivity index (χ0v) is 15.1. The standard InChI is InChI=1S/C17H9BrCl2F3N/c18-11-5-6-14-12(8-11)15(19)13(16(20)24-14)7-9-1-3-10(4-2-9)17(21,22)23/h1-6,8H,7H2. The molecule has 7 heteroatoms. The maximum atomic E-state index is 12.6. The van der Waals surface area contributed by atoms with Gasteiger partial charge >= 0.3 is 6.18 Å². The van der Waals surface area contributed by atoms with E-state index >= 15 is 0 Å². The summed E-state index contributed by atoms with van der Waals surface area (Å²) >= 11 is 16.0. The monoisotopic (exact) mass is 433 g/mol. The van der Waals surface area contributed by atoms with Crippen LogP contribution in [0.5, 0.6) is 0 Å². The van der Waals surface area contributed by atoms with Crippen molar-refractivity contribution >= 4 is 50.0 Å². The molecule has 0 aliphatic heterocycles. The average Bonchev–Trinajstić information content (AvgIpc) is 2.52. The Morgan fingerprint density at radius 1 is 1.00 bits per heavy atom. The molecule has 0 bridgehead atoms. The number of fused-ring (bicyclic) bond motifs is 1. The molecule has 0 saturated carbocycles. The van der Waals surface area contributed by atoms with Crippen molar-refractivity contribution in [3.8, 4) is 0 Å². The summed E-state index contributed by atoms with van der Waals surface area (Å²) in [6.45, 7) is 0. The van der Waals surface area contributed by atoms with Crippen LogP contribution in [0.4, 0.5) is 13.2 Å². The lowest BCUT2D eigenvalue weighted by molar-refractivity contribution is -0.137. The smallest absolute Gasteiger partial charge is 0.236 e. The van der Waals surface area contributed by atoms with Crippen molar-refractivity contribution in [3.05, 3.63) is 73.8 Å². The molecule has 3 rings (SSSR count). The number of aromatic nitrogens is 1. The van der Waals surface area contributed by atoms with Crippen LogP contribution in [0, 0.1) is 0 Å². The first kappa shape index (κ1) is 17.5. The third-order valence-corrected chi connectivity index (χ3v) is 4.83. The molecule has 24 heavy (non-hydrogen) atoms. The van der Waals surface area contributed by atoms with Gasteiger partial charge in [0.25, 0.3) is 0 Å². The Morgan fingerprint density at radius 2 is 1.67 bits per heavy atom. The van der Waals surface area contributed by atoms with Crippen LogP contribution < -0.4 is 0 Å². The summed E-state index contributed by atoms with van der Waals surface area (Å²) in [4.78, 5) is 4.31. The molecule has 0 fully saturated rings. The van der Waals surface area contributed by atoms with Gasteiger partial charge in [-0.15, -0.1) is 0 Å². The molecular formula is C17H9BrCl2F3N. The lowest BCUT2D eigenvalue weighted by Gasteiger charge is -2.11. The SMILES string of the molecule is FC(F)(F)c1ccc(Cc2c(Cl)nc3ccc(Br)cc3c2Cl)cc1. The highest BCUT2D eigenvalue weighted by atomic mass is 79.9. The summed E-state index contributed by atoms with van der Waals surface area (Å²) in [5.74, 6) is 0. The van der Waals surface area contributed by atoms with Crippen molar-refractivity contribution in [1.82, 2.24) is 4.98 Å². The third kappa shape index (κ3) is 3.53. The minimum absolute atomic E-state index is 0.245. The van der Waals surface area contributed by atoms with E-state index in [1.165, 1.54) is 12.1 Å². The van der Waals surface area contributed by atoms with Crippen molar-refractivity contribution in [2.24, 2.45) is 0 Å². The minimum Gasteiger partial charge on any atom is -0.236 e. The van der Waals surface area contributed by atoms with Crippen molar-refractivity contribution in [1.29, 1.82) is 0 Å². The van der Waals surface area contributed by atoms with Crippen molar-refractivity contribution in [2.45, 2.75) is 12.6 Å². The van der Waals surface area contributed by atoms with E-state index in [-0.39, 0.29) is 5.15 Å². The van der Waals surface area contributed by atoms with Crippen LogP contribution in [-0.4, -0.2) is 4.98 Å². The second kappa shape index (κ2) is 6.54. The van der Waals surface area contributed by atoms with E-state index in [1.54, 1.807) is 6.07 Å². The normalized spacial score (nSPS) is 11.9. The quantitative estimate of drug-likeness (QED) is 0.399. The molecule has 1 nitrogen and oxygen atoms in total. The fourth-order valence-electron chi connectivity index (χ4n) is 2.37. The van der Waals surface area contributed by atoms with Crippen LogP contribution in [0.25, 0.3) is 10.9 Å². The Morgan fingerprint density at radius 3 is 2.29 bits per heavy atom. The molecule has 1 aromatic heterocycles. The summed E-state index contributed by atoms with van der Waals surface area (Å²) in [7, 11) is 0. The first-order chi connectivity index (χ1) is 11.3. The van der Waals surface area contributed by atoms with Crippen LogP contribution >= 0.6 is 39.1 Å². The number of halogens is 6. The fourth-order valence-corrected chi connectivity index (χ4v) is 3.34. The zero-order valence-electron chi connectivity index (χ0n) is 12.0. The van der Waals surface area contributed by atoms with Crippen molar-refractivity contribution in [2.75, 3.05) is 0 Å². The molecule has 0 atom stereocenters. The van der Waals surface area contributed by atoms with Crippen LogP contribution in [0.1, 0.15) is 16.7 Å². The van der Waals surface area contributed by atoms with Gasteiger partial charge in [-0.2, -0.15) is 13.2 Å². The molecule has 3 aromatic rings. The average molecular weight is 435 g/mol. The summed E-state index contributed by atoms with van der Waals surface area (Å²) in [5.41, 5.74) is 1.22. The maximum Gasteiger partial charge on any atom is 0.416 e. The molecular weight excluding hydrogens is 426 g/mol. The number of hydrogen-bond acceptors (Lipinski definition) is 1. The van der Waals surface area contributed by atoms with Crippen molar-refractivity contribution < 1.29 is 13.2 Å². The van der Waals surface area contributed by atoms with Crippen LogP contribution in [0.2, 0.25) is 10.2 Å². The number of nitrogens with zero attached hydrogens (tertiary/aromatic N) is 1. The molecule has 0 N–H and O–H groups in total. The Hall–Kier alpha value is -1.30. The van der Waals surface area contributed by atoms with E-state index in [0.29, 0.717) is 28.1 Å². The summed E-state index contributed by atoms with van der Waals surface area (Å²) < 4.78 is 38.7. The Labute approximate surface area is 154 Å². The van der Waals surface area contributed by atoms with Gasteiger partial charge in [-0.05, 0) is 35.9 Å². The molecule has 0 unspecified atom stereocenters. The topological polar surface area (TPSA) is 12.9 Å². The lowest BCUT2D eigenvalue weighted by Crippen LogP contribution is -2.04. The fraction of sp³-hybridized carbons (Fsp3) is 0.118. The van der Waals surface area contributed by atoms with Crippen molar-refractivity contribution in [3.63, 3.8) is 0 Å². The van der Waals surface area contributed by atoms with Gasteiger partial charge in [-0.1, -0.05) is 51.3 Å². The van der Waals surface area contributed by atoms with Crippen LogP contribution in [-0.2, 0) is 12.6 Å². The van der Waals surface area contributed by atoms with Gasteiger partial charge in [0.1, 0.15) is 5.15 Å². The molecule has 0 aliphatic rings. The van der Waals surface area contributed by atoms with E-state index in [0.717, 1.165) is 22.0 Å². The largest absolute Gasteiger partial charge is 0.416 e. The summed E-state index contributed by atoms with van der Waals surface area (Å²) in [6, 6.07) is 10.4. The van der Waals surface area contributed by atoms with Crippen LogP contribution in [0.3, 0.4) is 0 Å². The van der Waals surface area contributed by atoms with E-state index in [2.05, 4.69) is 20.9 Å². The van der Waals surface area contributed by atoms with Gasteiger partial charge in [-0.3, -0.25) is 0 Å². The molecule has 0 spiro atoms. The molecule has 0 amide bonds. The zero-order chi connectivity index (χ0) is 17.5. The third-order valence-electron chi connectivity index (χ3n) is 3.59. The minimum atomic E-state index is -4.36. The first-order valence-corrected chi connectivity index (χ1v) is 8.40. The van der Waals surface area contributed by atoms with Gasteiger partial charge < -0.3 is 0 Å². The number of alkyl halides is 3. The van der Waals surface area contributed by atoms with E-state index in [4.69, 9.17) is 23.2 Å². The predicted molar refractivity (Wildman–Crippen MR) is 93.7 cm³/mol. The first-order valence-electron chi connectivity index (χ1n) is 6.85. The molecule has 0 aliphatic carbocycles. The molecule has 2 aromatic carbocycles. The molecule has 124 valence electrons. The predicted octanol–water partition coefficient (Wildman–Crippen LogP) is 6.91. The number of pyridine rings is 1. The lowest BCUT2D eigenvalue weighted by atomic mass is 10.0. The Kier molecular flexibility index (Phi) is 4.78. The molecule has 0 radical (unpaired) electrons. The van der Waals surface area contributed by atoms with E-state index < -0.39 is 11.7 Å². The number of rotatable bonds is 2. The molecule has 1 heterocycles. The van der Waals surface area contributed by atoms with Gasteiger partial charge in [0, 0.05) is 21.8 Å². The van der Waals surface area contributed by atoms with E-state index in [9.17, 15) is 13.2 Å². The number of hydrogen-bond donors (Lipinski definition) is 0. The highest BCUT2D eigenvalue weighted by molar-refractivity contribution is 9.10. The second-order valence-corrected chi connectivity index (χ2v) is 6.88. The highest BCUT2D eigenvalue weighted by Gasteiger charge is 2.30. The van der Waals surface area contributed by atoms with Gasteiger partial charge in [-0.25, -0.2) is 4.98 Å². The maximum absolute atomic E-state index is 12.6. The molecule has 0 saturated heterocycles. The van der Waals surface area contributed by atoms with Gasteiger partial charge in [0.15, 0.2) is 0 Å². The second-order valence-electron chi connectivity index (χ2n) is 5.23. The Bertz CT molecular complexity index is 908. The Balaban J connectivity index is 2.01. The van der Waals surface area contributed by atoms with Crippen LogP contribution in [0.15, 0.2) is 46.9 Å². The van der Waals surface area contributed by atoms with E-state index in [1.807, 2.05) is 12.1 Å². The number of benzene rings is 2. The van der Waals surface area contributed by atoms with Gasteiger partial charge in [0.2, 0.25) is 0 Å². The highest BCUT2D eigenvalue weighted by Crippen LogP contribution is 2.34. The summed E-state index contributed by atoms with van der Waals surface area (Å²) in [5, 5.41) is 1.43. The van der Waals surface area contributed by atoms with Gasteiger partial charge in [0.05, 0.1) is 16.1 Å².